The summed E-state index contributed by atoms with van der Waals surface area (Å²) >= 11 is 0. The number of carbonyl (C=O) groups excluding carboxylic acids is 2. The van der Waals surface area contributed by atoms with Crippen LogP contribution in [0.25, 0.3) is 0 Å². The van der Waals surface area contributed by atoms with Crippen LogP contribution in [0.3, 0.4) is 0 Å². The monoisotopic (exact) mass is 284 g/mol. The number of aliphatic hydroxyl groups excluding tert-OH is 1. The zero-order valence-electron chi connectivity index (χ0n) is 12.4. The third-order valence-electron chi connectivity index (χ3n) is 4.68. The van der Waals surface area contributed by atoms with Crippen LogP contribution in [-0.2, 0) is 14.3 Å². The molecule has 1 aliphatic heterocycles. The molecule has 2 amide bonds. The van der Waals surface area contributed by atoms with Gasteiger partial charge in [-0.25, -0.2) is 0 Å². The maximum Gasteiger partial charge on any atom is 0.225 e. The van der Waals surface area contributed by atoms with Crippen molar-refractivity contribution >= 4 is 11.8 Å². The lowest BCUT2D eigenvalue weighted by atomic mass is 9.64. The van der Waals surface area contributed by atoms with E-state index in [0.717, 1.165) is 0 Å². The van der Waals surface area contributed by atoms with Gasteiger partial charge in [-0.2, -0.15) is 0 Å². The summed E-state index contributed by atoms with van der Waals surface area (Å²) < 4.78 is 4.96. The van der Waals surface area contributed by atoms with E-state index in [1.54, 1.807) is 12.0 Å². The van der Waals surface area contributed by atoms with Gasteiger partial charge < -0.3 is 20.1 Å². The van der Waals surface area contributed by atoms with Gasteiger partial charge in [0, 0.05) is 38.1 Å². The van der Waals surface area contributed by atoms with Gasteiger partial charge in [0.05, 0.1) is 18.6 Å². The Morgan fingerprint density at radius 1 is 1.55 bits per heavy atom. The van der Waals surface area contributed by atoms with Crippen LogP contribution in [-0.4, -0.2) is 60.8 Å². The average molecular weight is 284 g/mol. The largest absolute Gasteiger partial charge is 0.392 e. The van der Waals surface area contributed by atoms with E-state index in [4.69, 9.17) is 4.74 Å². The predicted octanol–water partition coefficient (Wildman–Crippen LogP) is -0.243. The molecule has 6 heteroatoms. The highest BCUT2D eigenvalue weighted by molar-refractivity contribution is 5.89. The molecule has 1 saturated heterocycles. The number of carbonyl (C=O) groups is 2. The standard InChI is InChI=1S/C14H24N2O4/c1-14(2)10(7-11(14)17)15-13(19)9-6-12(18)16(8-9)4-5-20-3/h9-11,17H,4-8H2,1-3H3,(H,15,19). The summed E-state index contributed by atoms with van der Waals surface area (Å²) in [4.78, 5) is 25.7. The van der Waals surface area contributed by atoms with Gasteiger partial charge in [-0.1, -0.05) is 13.8 Å². The number of aliphatic hydroxyl groups is 1. The first-order valence-electron chi connectivity index (χ1n) is 7.11. The number of nitrogens with zero attached hydrogens (tertiary/aromatic N) is 1. The van der Waals surface area contributed by atoms with E-state index < -0.39 is 0 Å². The molecular formula is C14H24N2O4. The van der Waals surface area contributed by atoms with Crippen LogP contribution in [0.4, 0.5) is 0 Å². The van der Waals surface area contributed by atoms with Gasteiger partial charge in [0.2, 0.25) is 11.8 Å². The van der Waals surface area contributed by atoms with Crippen LogP contribution in [0.1, 0.15) is 26.7 Å². The topological polar surface area (TPSA) is 78.9 Å². The Hall–Kier alpha value is -1.14. The van der Waals surface area contributed by atoms with E-state index in [-0.39, 0.29) is 41.7 Å². The Bertz CT molecular complexity index is 397. The van der Waals surface area contributed by atoms with Gasteiger partial charge in [0.15, 0.2) is 0 Å². The van der Waals surface area contributed by atoms with Gasteiger partial charge in [-0.3, -0.25) is 9.59 Å². The van der Waals surface area contributed by atoms with Crippen LogP contribution in [0.15, 0.2) is 0 Å². The second-order valence-corrected chi connectivity index (χ2v) is 6.37. The minimum absolute atomic E-state index is 0.00636. The first-order chi connectivity index (χ1) is 9.36. The van der Waals surface area contributed by atoms with Crippen molar-refractivity contribution in [3.8, 4) is 0 Å². The zero-order chi connectivity index (χ0) is 14.9. The highest BCUT2D eigenvalue weighted by Crippen LogP contribution is 2.40. The lowest BCUT2D eigenvalue weighted by molar-refractivity contribution is -0.133. The molecule has 20 heavy (non-hydrogen) atoms. The molecule has 6 nitrogen and oxygen atoms in total. The third kappa shape index (κ3) is 2.81. The van der Waals surface area contributed by atoms with Crippen molar-refractivity contribution in [3.05, 3.63) is 0 Å². The molecule has 114 valence electrons. The molecule has 3 atom stereocenters. The lowest BCUT2D eigenvalue weighted by Crippen LogP contribution is -2.61. The Balaban J connectivity index is 1.84. The van der Waals surface area contributed by atoms with Crippen molar-refractivity contribution in [1.82, 2.24) is 10.2 Å². The van der Waals surface area contributed by atoms with Crippen molar-refractivity contribution in [2.45, 2.75) is 38.8 Å². The number of rotatable bonds is 5. The first-order valence-corrected chi connectivity index (χ1v) is 7.11. The van der Waals surface area contributed by atoms with E-state index in [1.165, 1.54) is 0 Å². The minimum atomic E-state index is -0.365. The molecule has 0 radical (unpaired) electrons. The quantitative estimate of drug-likeness (QED) is 0.730. The Kier molecular flexibility index (Phi) is 4.34. The molecule has 0 aromatic carbocycles. The molecule has 0 spiro atoms. The van der Waals surface area contributed by atoms with Crippen LogP contribution in [0, 0.1) is 11.3 Å². The molecule has 1 heterocycles. The van der Waals surface area contributed by atoms with E-state index >= 15 is 0 Å². The van der Waals surface area contributed by atoms with E-state index in [9.17, 15) is 14.7 Å². The molecular weight excluding hydrogens is 260 g/mol. The summed E-state index contributed by atoms with van der Waals surface area (Å²) in [6.45, 7) is 5.37. The third-order valence-corrected chi connectivity index (χ3v) is 4.68. The van der Waals surface area contributed by atoms with Gasteiger partial charge in [-0.05, 0) is 6.42 Å². The van der Waals surface area contributed by atoms with Crippen molar-refractivity contribution in [2.75, 3.05) is 26.8 Å². The minimum Gasteiger partial charge on any atom is -0.392 e. The van der Waals surface area contributed by atoms with Gasteiger partial charge in [-0.15, -0.1) is 0 Å². The number of likely N-dealkylation sites (tertiary alicyclic amines) is 1. The molecule has 1 saturated carbocycles. The smallest absolute Gasteiger partial charge is 0.225 e. The molecule has 0 aromatic heterocycles. The fourth-order valence-corrected chi connectivity index (χ4v) is 2.80. The lowest BCUT2D eigenvalue weighted by Gasteiger charge is -2.49. The molecule has 1 aliphatic carbocycles. The average Bonchev–Trinajstić information content (AvgIpc) is 2.77. The van der Waals surface area contributed by atoms with E-state index in [2.05, 4.69) is 5.32 Å². The normalized spacial score (nSPS) is 32.1. The van der Waals surface area contributed by atoms with Crippen molar-refractivity contribution in [2.24, 2.45) is 11.3 Å². The summed E-state index contributed by atoms with van der Waals surface area (Å²) in [6.07, 6.45) is 0.495. The van der Waals surface area contributed by atoms with Crippen molar-refractivity contribution in [3.63, 3.8) is 0 Å². The second kappa shape index (κ2) is 5.69. The number of nitrogens with one attached hydrogen (secondary N) is 1. The predicted molar refractivity (Wildman–Crippen MR) is 72.9 cm³/mol. The fourth-order valence-electron chi connectivity index (χ4n) is 2.80. The summed E-state index contributed by atoms with van der Waals surface area (Å²) in [5.74, 6) is -0.355. The highest BCUT2D eigenvalue weighted by Gasteiger charge is 2.48. The van der Waals surface area contributed by atoms with E-state index in [0.29, 0.717) is 26.1 Å². The second-order valence-electron chi connectivity index (χ2n) is 6.37. The number of hydrogen-bond donors (Lipinski definition) is 2. The van der Waals surface area contributed by atoms with Crippen molar-refractivity contribution in [1.29, 1.82) is 0 Å². The van der Waals surface area contributed by atoms with E-state index in [1.807, 2.05) is 13.8 Å². The Morgan fingerprint density at radius 2 is 2.25 bits per heavy atom. The molecule has 2 N–H and O–H groups in total. The van der Waals surface area contributed by atoms with Crippen LogP contribution < -0.4 is 5.32 Å². The highest BCUT2D eigenvalue weighted by atomic mass is 16.5. The first kappa shape index (κ1) is 15.3. The van der Waals surface area contributed by atoms with Crippen LogP contribution >= 0.6 is 0 Å². The van der Waals surface area contributed by atoms with Crippen LogP contribution in [0.2, 0.25) is 0 Å². The van der Waals surface area contributed by atoms with Crippen molar-refractivity contribution < 1.29 is 19.4 Å². The van der Waals surface area contributed by atoms with Gasteiger partial charge in [0.1, 0.15) is 0 Å². The number of methoxy groups -OCH3 is 1. The SMILES string of the molecule is COCCN1CC(C(=O)NC2CC(O)C2(C)C)CC1=O. The molecule has 3 unspecified atom stereocenters. The Morgan fingerprint density at radius 3 is 2.80 bits per heavy atom. The summed E-state index contributed by atoms with van der Waals surface area (Å²) in [6, 6.07) is -0.00636. The molecule has 0 aromatic rings. The summed E-state index contributed by atoms with van der Waals surface area (Å²) in [5, 5.41) is 12.6. The molecule has 2 fully saturated rings. The number of amides is 2. The molecule has 2 rings (SSSR count). The number of hydrogen-bond acceptors (Lipinski definition) is 4. The summed E-state index contributed by atoms with van der Waals surface area (Å²) in [5.41, 5.74) is -0.284. The molecule has 0 bridgehead atoms. The number of ether oxygens (including phenoxy) is 1. The molecule has 2 aliphatic rings. The summed E-state index contributed by atoms with van der Waals surface area (Å²) in [7, 11) is 1.59. The van der Waals surface area contributed by atoms with Crippen LogP contribution in [0.5, 0.6) is 0 Å². The van der Waals surface area contributed by atoms with Gasteiger partial charge >= 0.3 is 0 Å². The maximum absolute atomic E-state index is 12.2. The fraction of sp³-hybridized carbons (Fsp3) is 0.857. The maximum atomic E-state index is 12.2. The van der Waals surface area contributed by atoms with Gasteiger partial charge in [0.25, 0.3) is 0 Å². The Labute approximate surface area is 119 Å². The zero-order valence-corrected chi connectivity index (χ0v) is 12.4.